The summed E-state index contributed by atoms with van der Waals surface area (Å²) in [4.78, 5) is 76.2. The zero-order valence-corrected chi connectivity index (χ0v) is 75.8. The molecule has 19 nitrogen and oxygen atoms in total. The molecule has 5 heterocycles. The van der Waals surface area contributed by atoms with Crippen LogP contribution in [0.5, 0.6) is 17.2 Å². The number of amides is 2. The maximum absolute atomic E-state index is 12.4. The predicted molar refractivity (Wildman–Crippen MR) is 471 cm³/mol. The zero-order valence-electron chi connectivity index (χ0n) is 75.8. The van der Waals surface area contributed by atoms with Gasteiger partial charge in [0, 0.05) is 118 Å². The molecule has 19 heteroatoms. The average molecular weight is 1730 g/mol. The van der Waals surface area contributed by atoms with Gasteiger partial charge < -0.3 is 43.4 Å². The van der Waals surface area contributed by atoms with Crippen molar-refractivity contribution < 1.29 is 81.8 Å². The Bertz CT molecular complexity index is 4390. The Kier molecular flexibility index (Phi) is 23.2. The first-order chi connectivity index (χ1) is 61.4. The van der Waals surface area contributed by atoms with Gasteiger partial charge in [0.25, 0.3) is 0 Å². The standard InChI is InChI=1S/C30H41NO5.C28H37NO5.C26H36O4.C23H30O3/c1-19-4-8-26(9-5-19)31-28(32)33-27-10-6-22(7-11-27)23-3-2-12-29(18-23)34-30(36-35-29)24-14-20-13-21(16-24)17-25(30)15-20;30-26(29-11-2-1-3-12-29)31-25-8-6-21(7-9-25)22-5-4-10-27(18-22)32-28(34-33-27)23-14-19-13-20(16-23)17-24(28)15-19;1-2-3-10-27-24-8-4-6-20(16-24)21-7-5-9-25(17-21)28-26(30-29-25)22-12-18-11-19(14-22)15-23(26)13-18;1-15-4-2-5-18(8-15)19-6-3-7-22(14-19)24-23(26-25-22)20-10-16-9-17(12-20)13-21(23)11-16/h6-7,10-11,19-21,23-26H,2-5,8-9,12-18H2,1H3,(H,31,32);6-9,19-20,22-24H,1-5,10-18H2;4,6,8,16,18-19,21-23H,2-3,5,7,9-15,17H2,1H3;2,4-5,8,16-17,19-21H,3,6-7,9-14H2,1H3/t19?,20?,21?,23-,24?,25?,26?,29-,30?;19?,20?,22-,23?,24?,27-,28?;18?,19?,21-,22?,23?,25-,26?;16?,17?,19-,20?,21?,22-,23?/m1111/s1. The number of likely N-dealkylation sites (tertiary alicyclic amines) is 1. The Balaban J connectivity index is 0.0000000972. The highest BCUT2D eigenvalue weighted by Gasteiger charge is 2.72. The molecule has 4 aromatic rings. The topological polar surface area (TPSA) is 188 Å². The van der Waals surface area contributed by atoms with Crippen molar-refractivity contribution in [3.05, 3.63) is 125 Å². The smallest absolute Gasteiger partial charge is 0.415 e. The van der Waals surface area contributed by atoms with Gasteiger partial charge in [0.1, 0.15) is 17.2 Å². The summed E-state index contributed by atoms with van der Waals surface area (Å²) in [6.07, 6.45) is 51.5. The van der Waals surface area contributed by atoms with Crippen LogP contribution in [-0.4, -0.2) is 89.1 Å². The third-order valence-electron chi connectivity index (χ3n) is 37.1. The summed E-state index contributed by atoms with van der Waals surface area (Å²) in [6.45, 7) is 9.05. The first kappa shape index (κ1) is 85.0. The van der Waals surface area contributed by atoms with Gasteiger partial charge in [-0.05, 0) is 374 Å². The van der Waals surface area contributed by atoms with Crippen LogP contribution in [-0.2, 0) is 58.0 Å². The van der Waals surface area contributed by atoms with Crippen molar-refractivity contribution in [2.24, 2.45) is 101 Å². The molecule has 684 valence electrons. The summed E-state index contributed by atoms with van der Waals surface area (Å²) >= 11 is 0. The molecule has 21 saturated carbocycles. The second-order valence-corrected chi connectivity index (χ2v) is 45.7. The molecule has 0 aromatic heterocycles. The van der Waals surface area contributed by atoms with Crippen LogP contribution in [0.2, 0.25) is 0 Å². The number of ether oxygens (including phenoxy) is 7. The molecule has 2 amide bonds. The van der Waals surface area contributed by atoms with Crippen LogP contribution < -0.4 is 19.5 Å². The maximum Gasteiger partial charge on any atom is 0.415 e. The maximum atomic E-state index is 12.4. The molecular formula is C107H144N2O17. The first-order valence-electron chi connectivity index (χ1n) is 51.6. The predicted octanol–water partition coefficient (Wildman–Crippen LogP) is 24.8. The minimum absolute atomic E-state index is 0.227. The molecule has 8 spiro atoms. The van der Waals surface area contributed by atoms with Gasteiger partial charge in [-0.15, -0.1) is 0 Å². The van der Waals surface area contributed by atoms with Crippen LogP contribution in [0.1, 0.15) is 354 Å². The van der Waals surface area contributed by atoms with E-state index in [4.69, 9.17) is 72.3 Å². The van der Waals surface area contributed by atoms with E-state index in [-0.39, 0.29) is 18.2 Å². The molecule has 0 unspecified atom stereocenters. The zero-order chi connectivity index (χ0) is 84.6. The first-order valence-corrected chi connectivity index (χ1v) is 51.6. The molecule has 1 N–H and O–H groups in total. The van der Waals surface area contributed by atoms with E-state index in [9.17, 15) is 9.59 Å². The van der Waals surface area contributed by atoms with E-state index < -0.39 is 46.3 Å². The quantitative estimate of drug-likeness (QED) is 0.110. The van der Waals surface area contributed by atoms with Crippen molar-refractivity contribution in [1.82, 2.24) is 10.2 Å². The molecular weight excluding hydrogens is 1590 g/mol. The Hall–Kier alpha value is -5.26. The lowest BCUT2D eigenvalue weighted by molar-refractivity contribution is -0.390. The number of piperidine rings is 1. The fourth-order valence-corrected chi connectivity index (χ4v) is 31.7. The number of aryl methyl sites for hydroxylation is 1. The largest absolute Gasteiger partial charge is 0.494 e. The normalized spacial score (nSPS) is 45.3. The van der Waals surface area contributed by atoms with Crippen LogP contribution in [0, 0.1) is 108 Å². The molecule has 16 bridgehead atoms. The monoisotopic (exact) mass is 1730 g/mol. The van der Waals surface area contributed by atoms with E-state index in [1.54, 1.807) is 0 Å². The molecule has 0 radical (unpaired) electrons. The number of rotatable bonds is 11. The lowest BCUT2D eigenvalue weighted by Crippen LogP contribution is -2.59. The van der Waals surface area contributed by atoms with E-state index >= 15 is 0 Å². The Morgan fingerprint density at radius 3 is 1.09 bits per heavy atom. The van der Waals surface area contributed by atoms with Gasteiger partial charge >= 0.3 is 12.2 Å². The molecule has 26 fully saturated rings. The Morgan fingerprint density at radius 2 is 0.722 bits per heavy atom. The molecule has 4 aromatic carbocycles. The fourth-order valence-electron chi connectivity index (χ4n) is 31.7. The van der Waals surface area contributed by atoms with Crippen LogP contribution in [0.3, 0.4) is 0 Å². The second kappa shape index (κ2) is 34.3. The van der Waals surface area contributed by atoms with Crippen LogP contribution >= 0.6 is 0 Å². The Labute approximate surface area is 748 Å². The number of hydrogen-bond donors (Lipinski definition) is 1. The lowest BCUT2D eigenvalue weighted by atomic mass is 9.53. The molecule has 8 atom stereocenters. The van der Waals surface area contributed by atoms with Crippen molar-refractivity contribution in [2.75, 3.05) is 19.7 Å². The van der Waals surface area contributed by atoms with Gasteiger partial charge in [-0.25, -0.2) is 9.59 Å². The van der Waals surface area contributed by atoms with Crippen molar-refractivity contribution >= 4 is 12.2 Å². The number of nitrogens with zero attached hydrogens (tertiary/aromatic N) is 1. The molecule has 26 aliphatic rings. The summed E-state index contributed by atoms with van der Waals surface area (Å²) in [5.74, 6) is 11.7. The van der Waals surface area contributed by atoms with Crippen molar-refractivity contribution in [2.45, 2.75) is 386 Å². The van der Waals surface area contributed by atoms with Crippen LogP contribution in [0.15, 0.2) is 97.1 Å². The second-order valence-electron chi connectivity index (χ2n) is 45.7. The SMILES string of the molecule is CC1CCC(NC(=O)Oc2ccc([C@@H]3CCC[C@]4(C3)OOC3(O4)C4CC5CC(C4)CC3C5)cc2)CC1.CCCCOc1cccc([C@@H]2CCC[C@]3(C2)OOC2(O3)C3CC4CC(C3)CC2C4)c1.Cc1cccc([C@@H]2CCC[C@]3(C2)OOC2(O3)C3CC4CC(C3)CC2C4)c1.O=C(Oc1ccc([C@@H]2CCC[C@]3(C2)OOC2(O3)C3CC4CC(C3)CC2C4)cc1)N1CCCCC1. The number of carbonyl (C=O) groups excluding carboxylic acids is 2. The van der Waals surface area contributed by atoms with Crippen LogP contribution in [0.4, 0.5) is 9.59 Å². The van der Waals surface area contributed by atoms with E-state index in [0.29, 0.717) is 82.5 Å². The minimum atomic E-state index is -0.620. The van der Waals surface area contributed by atoms with E-state index in [0.717, 1.165) is 207 Å². The van der Waals surface area contributed by atoms with Gasteiger partial charge in [-0.1, -0.05) is 86.5 Å². The summed E-state index contributed by atoms with van der Waals surface area (Å²) in [5, 5.41) is 3.04. The highest BCUT2D eigenvalue weighted by Crippen LogP contribution is 2.70. The molecule has 21 aliphatic carbocycles. The summed E-state index contributed by atoms with van der Waals surface area (Å²) < 4.78 is 44.9. The van der Waals surface area contributed by atoms with Gasteiger partial charge in [-0.2, -0.15) is 39.1 Å². The summed E-state index contributed by atoms with van der Waals surface area (Å²) in [7, 11) is 0. The molecule has 5 aliphatic heterocycles. The van der Waals surface area contributed by atoms with Gasteiger partial charge in [0.15, 0.2) is 0 Å². The van der Waals surface area contributed by atoms with Crippen LogP contribution in [0.25, 0.3) is 0 Å². The van der Waals surface area contributed by atoms with E-state index in [1.807, 2.05) is 29.2 Å². The average Bonchev–Trinajstić information content (AvgIpc) is 1.53. The number of hydrogen-bond acceptors (Lipinski definition) is 17. The van der Waals surface area contributed by atoms with Crippen molar-refractivity contribution in [3.8, 4) is 17.2 Å². The summed E-state index contributed by atoms with van der Waals surface area (Å²) in [6, 6.07) is 34.0. The molecule has 5 saturated heterocycles. The van der Waals surface area contributed by atoms with Gasteiger partial charge in [-0.3, -0.25) is 0 Å². The van der Waals surface area contributed by atoms with Crippen molar-refractivity contribution in [1.29, 1.82) is 0 Å². The molecule has 126 heavy (non-hydrogen) atoms. The number of benzene rings is 4. The van der Waals surface area contributed by atoms with E-state index in [2.05, 4.69) is 98.9 Å². The van der Waals surface area contributed by atoms with Gasteiger partial charge in [0.2, 0.25) is 46.3 Å². The fraction of sp³-hybridized carbons (Fsp3) is 0.757. The number of nitrogens with one attached hydrogen (secondary N) is 1. The number of unbranched alkanes of at least 4 members (excludes halogenated alkanes) is 1. The van der Waals surface area contributed by atoms with Crippen molar-refractivity contribution in [3.63, 3.8) is 0 Å². The summed E-state index contributed by atoms with van der Waals surface area (Å²) in [5.41, 5.74) is 6.63. The third-order valence-corrected chi connectivity index (χ3v) is 37.1. The van der Waals surface area contributed by atoms with Gasteiger partial charge in [0.05, 0.1) is 6.61 Å². The lowest BCUT2D eigenvalue weighted by Gasteiger charge is -2.57. The van der Waals surface area contributed by atoms with E-state index in [1.165, 1.54) is 188 Å². The highest BCUT2D eigenvalue weighted by molar-refractivity contribution is 5.71. The third kappa shape index (κ3) is 16.3. The molecule has 30 rings (SSSR count). The highest BCUT2D eigenvalue weighted by atomic mass is 17.3. The Morgan fingerprint density at radius 1 is 0.373 bits per heavy atom. The minimum Gasteiger partial charge on any atom is -0.494 e. The number of carbonyl (C=O) groups is 2.